The molecule has 3 aromatic rings. The number of hydrazone groups is 1. The number of nitrogens with one attached hydrogen (secondary N) is 1. The van der Waals surface area contributed by atoms with Gasteiger partial charge in [0.15, 0.2) is 11.5 Å². The lowest BCUT2D eigenvalue weighted by atomic mass is 10.2. The van der Waals surface area contributed by atoms with E-state index in [1.807, 2.05) is 32.0 Å². The van der Waals surface area contributed by atoms with E-state index in [1.54, 1.807) is 18.3 Å². The molecule has 0 saturated heterocycles. The van der Waals surface area contributed by atoms with Crippen molar-refractivity contribution in [3.63, 3.8) is 0 Å². The Kier molecular flexibility index (Phi) is 4.49. The van der Waals surface area contributed by atoms with E-state index >= 15 is 0 Å². The highest BCUT2D eigenvalue weighted by Gasteiger charge is 2.16. The summed E-state index contributed by atoms with van der Waals surface area (Å²) in [5.74, 6) is 0.545. The van der Waals surface area contributed by atoms with Crippen LogP contribution in [0.15, 0.2) is 53.6 Å². The van der Waals surface area contributed by atoms with Gasteiger partial charge in [-0.25, -0.2) is 4.79 Å². The van der Waals surface area contributed by atoms with Gasteiger partial charge in [0.1, 0.15) is 0 Å². The van der Waals surface area contributed by atoms with Crippen molar-refractivity contribution in [1.82, 2.24) is 4.57 Å². The van der Waals surface area contributed by atoms with Crippen molar-refractivity contribution in [2.75, 3.05) is 12.2 Å². The van der Waals surface area contributed by atoms with E-state index in [4.69, 9.17) is 14.6 Å². The first-order valence-corrected chi connectivity index (χ1v) is 8.74. The third-order valence-electron chi connectivity index (χ3n) is 4.61. The minimum atomic E-state index is -0.953. The van der Waals surface area contributed by atoms with Gasteiger partial charge in [-0.3, -0.25) is 5.43 Å². The average molecular weight is 377 g/mol. The summed E-state index contributed by atoms with van der Waals surface area (Å²) in [7, 11) is 0. The molecule has 142 valence electrons. The van der Waals surface area contributed by atoms with Crippen molar-refractivity contribution in [1.29, 1.82) is 0 Å². The van der Waals surface area contributed by atoms with Crippen LogP contribution in [-0.2, 0) is 0 Å². The van der Waals surface area contributed by atoms with E-state index < -0.39 is 5.97 Å². The molecule has 0 amide bonds. The van der Waals surface area contributed by atoms with E-state index in [1.165, 1.54) is 12.1 Å². The molecule has 2 heterocycles. The van der Waals surface area contributed by atoms with E-state index in [0.717, 1.165) is 34.1 Å². The molecule has 28 heavy (non-hydrogen) atoms. The van der Waals surface area contributed by atoms with Crippen LogP contribution < -0.4 is 14.9 Å². The molecule has 4 rings (SSSR count). The smallest absolute Gasteiger partial charge is 0.335 e. The number of aryl methyl sites for hydroxylation is 1. The number of ether oxygens (including phenoxy) is 2. The molecular weight excluding hydrogens is 358 g/mol. The Labute approximate surface area is 161 Å². The van der Waals surface area contributed by atoms with Crippen molar-refractivity contribution in [3.8, 4) is 17.2 Å². The lowest BCUT2D eigenvalue weighted by Gasteiger charge is -2.10. The second-order valence-electron chi connectivity index (χ2n) is 6.45. The molecule has 1 aliphatic rings. The fourth-order valence-corrected chi connectivity index (χ4v) is 3.20. The molecule has 0 saturated carbocycles. The number of rotatable bonds is 5. The van der Waals surface area contributed by atoms with Crippen LogP contribution in [0.25, 0.3) is 5.69 Å². The Hall–Kier alpha value is -3.74. The largest absolute Gasteiger partial charge is 0.478 e. The number of fused-ring (bicyclic) bond motifs is 1. The SMILES string of the molecule is Cc1cc(/C=N\Nc2ccc(C(=O)O)cc2)c(C)n1-c1ccc2c(c1)OCO2. The number of carboxylic acid groups (broad SMARTS) is 1. The van der Waals surface area contributed by atoms with E-state index in [0.29, 0.717) is 5.69 Å². The molecule has 0 fully saturated rings. The minimum Gasteiger partial charge on any atom is -0.478 e. The van der Waals surface area contributed by atoms with Gasteiger partial charge in [-0.2, -0.15) is 5.10 Å². The molecule has 0 atom stereocenters. The van der Waals surface area contributed by atoms with Crippen molar-refractivity contribution in [2.24, 2.45) is 5.10 Å². The maximum absolute atomic E-state index is 10.9. The maximum atomic E-state index is 10.9. The van der Waals surface area contributed by atoms with E-state index in [9.17, 15) is 4.79 Å². The van der Waals surface area contributed by atoms with Gasteiger partial charge in [-0.1, -0.05) is 0 Å². The number of nitrogens with zero attached hydrogens (tertiary/aromatic N) is 2. The van der Waals surface area contributed by atoms with Gasteiger partial charge >= 0.3 is 5.97 Å². The van der Waals surface area contributed by atoms with E-state index in [-0.39, 0.29) is 12.4 Å². The fourth-order valence-electron chi connectivity index (χ4n) is 3.20. The first-order valence-electron chi connectivity index (χ1n) is 8.74. The second kappa shape index (κ2) is 7.11. The first kappa shape index (κ1) is 17.7. The van der Waals surface area contributed by atoms with Crippen LogP contribution in [0, 0.1) is 13.8 Å². The Morgan fingerprint density at radius 3 is 2.61 bits per heavy atom. The lowest BCUT2D eigenvalue weighted by Crippen LogP contribution is -2.00. The van der Waals surface area contributed by atoms with Crippen molar-refractivity contribution >= 4 is 17.9 Å². The average Bonchev–Trinajstić information content (AvgIpc) is 3.26. The van der Waals surface area contributed by atoms with Gasteiger partial charge in [0.25, 0.3) is 0 Å². The first-order chi connectivity index (χ1) is 13.5. The number of aromatic carboxylic acids is 1. The lowest BCUT2D eigenvalue weighted by molar-refractivity contribution is 0.0697. The highest BCUT2D eigenvalue weighted by Crippen LogP contribution is 2.34. The summed E-state index contributed by atoms with van der Waals surface area (Å²) < 4.78 is 13.0. The molecule has 0 spiro atoms. The molecule has 2 N–H and O–H groups in total. The summed E-state index contributed by atoms with van der Waals surface area (Å²) in [6, 6.07) is 14.3. The zero-order chi connectivity index (χ0) is 19.7. The minimum absolute atomic E-state index is 0.238. The van der Waals surface area contributed by atoms with Crippen LogP contribution in [0.3, 0.4) is 0 Å². The summed E-state index contributed by atoms with van der Waals surface area (Å²) in [6.07, 6.45) is 1.75. The number of benzene rings is 2. The third kappa shape index (κ3) is 3.29. The zero-order valence-corrected chi connectivity index (χ0v) is 15.5. The Morgan fingerprint density at radius 1 is 1.11 bits per heavy atom. The molecular formula is C21H19N3O4. The monoisotopic (exact) mass is 377 g/mol. The summed E-state index contributed by atoms with van der Waals surface area (Å²) >= 11 is 0. The van der Waals surface area contributed by atoms with Crippen molar-refractivity contribution in [2.45, 2.75) is 13.8 Å². The molecule has 7 heteroatoms. The van der Waals surface area contributed by atoms with Gasteiger partial charge in [0.05, 0.1) is 17.5 Å². The summed E-state index contributed by atoms with van der Waals surface area (Å²) in [5, 5.41) is 13.2. The van der Waals surface area contributed by atoms with Gasteiger partial charge in [0, 0.05) is 28.7 Å². The van der Waals surface area contributed by atoms with Crippen molar-refractivity contribution < 1.29 is 19.4 Å². The molecule has 2 aromatic carbocycles. The maximum Gasteiger partial charge on any atom is 0.335 e. The molecule has 7 nitrogen and oxygen atoms in total. The van der Waals surface area contributed by atoms with Gasteiger partial charge in [-0.15, -0.1) is 0 Å². The topological polar surface area (TPSA) is 85.1 Å². The highest BCUT2D eigenvalue weighted by molar-refractivity contribution is 5.88. The molecule has 0 radical (unpaired) electrons. The molecule has 0 unspecified atom stereocenters. The van der Waals surface area contributed by atoms with Gasteiger partial charge in [0.2, 0.25) is 6.79 Å². The number of hydrogen-bond donors (Lipinski definition) is 2. The fraction of sp³-hybridized carbons (Fsp3) is 0.143. The second-order valence-corrected chi connectivity index (χ2v) is 6.45. The zero-order valence-electron chi connectivity index (χ0n) is 15.5. The van der Waals surface area contributed by atoms with Crippen molar-refractivity contribution in [3.05, 3.63) is 71.0 Å². The van der Waals surface area contributed by atoms with E-state index in [2.05, 4.69) is 21.2 Å². The predicted octanol–water partition coefficient (Wildman–Crippen LogP) is 3.97. The molecule has 0 bridgehead atoms. The summed E-state index contributed by atoms with van der Waals surface area (Å²) in [6.45, 7) is 4.31. The van der Waals surface area contributed by atoms with Crippen LogP contribution in [0.4, 0.5) is 5.69 Å². The number of carboxylic acids is 1. The van der Waals surface area contributed by atoms with Crippen LogP contribution in [0.2, 0.25) is 0 Å². The molecule has 0 aliphatic carbocycles. The Bertz CT molecular complexity index is 1070. The Balaban J connectivity index is 1.54. The third-order valence-corrected chi connectivity index (χ3v) is 4.61. The molecule has 1 aromatic heterocycles. The summed E-state index contributed by atoms with van der Waals surface area (Å²) in [4.78, 5) is 10.9. The summed E-state index contributed by atoms with van der Waals surface area (Å²) in [5.41, 5.74) is 7.96. The van der Waals surface area contributed by atoms with Crippen LogP contribution in [0.1, 0.15) is 27.3 Å². The van der Waals surface area contributed by atoms with Gasteiger partial charge < -0.3 is 19.1 Å². The highest BCUT2D eigenvalue weighted by atomic mass is 16.7. The molecule has 1 aliphatic heterocycles. The number of hydrogen-bond acceptors (Lipinski definition) is 5. The predicted molar refractivity (Wildman–Crippen MR) is 106 cm³/mol. The number of aromatic nitrogens is 1. The van der Waals surface area contributed by atoms with Crippen LogP contribution in [0.5, 0.6) is 11.5 Å². The number of carbonyl (C=O) groups is 1. The van der Waals surface area contributed by atoms with Gasteiger partial charge in [-0.05, 0) is 56.3 Å². The van der Waals surface area contributed by atoms with Crippen LogP contribution in [-0.4, -0.2) is 28.7 Å². The van der Waals surface area contributed by atoms with Crippen LogP contribution >= 0.6 is 0 Å². The quantitative estimate of drug-likeness (QED) is 0.519. The Morgan fingerprint density at radius 2 is 1.86 bits per heavy atom. The number of anilines is 1. The normalized spacial score (nSPS) is 12.5. The standard InChI is InChI=1S/C21H19N3O4/c1-13-9-16(11-22-23-17-5-3-15(4-6-17)21(25)26)14(2)24(13)18-7-8-19-20(10-18)28-12-27-19/h3-11,23H,12H2,1-2H3,(H,25,26)/b22-11-.